The largest absolute Gasteiger partial charge is 0.366 e. The highest BCUT2D eigenvalue weighted by atomic mass is 16.2. The van der Waals surface area contributed by atoms with Crippen molar-refractivity contribution < 1.29 is 14.4 Å². The van der Waals surface area contributed by atoms with E-state index < -0.39 is 23.3 Å². The minimum Gasteiger partial charge on any atom is -0.366 e. The number of hydrogen-bond donors (Lipinski definition) is 2. The van der Waals surface area contributed by atoms with Crippen LogP contribution in [0, 0.1) is 0 Å². The number of primary amides is 1. The number of likely N-dealkylation sites (N-methyl/N-ethyl adjacent to an activating group) is 1. The predicted octanol–water partition coefficient (Wildman–Crippen LogP) is 1.37. The molecule has 3 amide bonds. The summed E-state index contributed by atoms with van der Waals surface area (Å²) in [6.45, 7) is 7.75. The minimum absolute atomic E-state index is 0.164. The highest BCUT2D eigenvalue weighted by Crippen LogP contribution is 2.16. The molecule has 1 rings (SSSR count). The molecule has 0 spiro atoms. The lowest BCUT2D eigenvalue weighted by Crippen LogP contribution is -2.50. The number of para-hydroxylation sites is 1. The minimum atomic E-state index is -0.791. The van der Waals surface area contributed by atoms with Crippen LogP contribution >= 0.6 is 0 Å². The fourth-order valence-corrected chi connectivity index (χ4v) is 2.03. The maximum absolute atomic E-state index is 12.2. The van der Waals surface area contributed by atoms with Gasteiger partial charge in [-0.05, 0) is 39.8 Å². The molecule has 0 bridgehead atoms. The number of nitrogens with two attached hydrogens (primary N) is 1. The molecule has 0 fully saturated rings. The molecule has 0 radical (unpaired) electrons. The lowest BCUT2D eigenvalue weighted by Gasteiger charge is -2.34. The number of amides is 3. The second-order valence-corrected chi connectivity index (χ2v) is 5.58. The molecule has 0 aliphatic heterocycles. The summed E-state index contributed by atoms with van der Waals surface area (Å²) < 4.78 is 0. The van der Waals surface area contributed by atoms with Gasteiger partial charge >= 0.3 is 11.8 Å². The van der Waals surface area contributed by atoms with Crippen molar-refractivity contribution in [1.29, 1.82) is 0 Å². The maximum Gasteiger partial charge on any atom is 0.313 e. The first-order valence-corrected chi connectivity index (χ1v) is 6.70. The smallest absolute Gasteiger partial charge is 0.313 e. The van der Waals surface area contributed by atoms with Crippen molar-refractivity contribution in [3.05, 3.63) is 29.8 Å². The van der Waals surface area contributed by atoms with Crippen LogP contribution in [-0.2, 0) is 9.59 Å². The molecular weight excluding hydrogens is 270 g/mol. The number of benzene rings is 1. The van der Waals surface area contributed by atoms with Gasteiger partial charge in [0.25, 0.3) is 5.91 Å². The summed E-state index contributed by atoms with van der Waals surface area (Å²) in [5, 5.41) is 2.45. The van der Waals surface area contributed by atoms with Gasteiger partial charge in [0, 0.05) is 12.1 Å². The fourth-order valence-electron chi connectivity index (χ4n) is 2.03. The SMILES string of the molecule is CCN(C(=O)C(=O)Nc1ccccc1C(N)=O)C(C)(C)C. The molecule has 1 aromatic carbocycles. The number of anilines is 1. The normalized spacial score (nSPS) is 10.9. The van der Waals surface area contributed by atoms with Crippen molar-refractivity contribution in [2.75, 3.05) is 11.9 Å². The Kier molecular flexibility index (Phi) is 5.07. The highest BCUT2D eigenvalue weighted by Gasteiger charge is 2.30. The number of carbonyl (C=O) groups excluding carboxylic acids is 3. The molecule has 3 N–H and O–H groups in total. The van der Waals surface area contributed by atoms with Crippen LogP contribution in [0.3, 0.4) is 0 Å². The standard InChI is InChI=1S/C15H21N3O3/c1-5-18(15(2,3)4)14(21)13(20)17-11-9-7-6-8-10(11)12(16)19/h6-9H,5H2,1-4H3,(H2,16,19)(H,17,20). The van der Waals surface area contributed by atoms with Gasteiger partial charge < -0.3 is 16.0 Å². The summed E-state index contributed by atoms with van der Waals surface area (Å²) in [6, 6.07) is 6.29. The van der Waals surface area contributed by atoms with Gasteiger partial charge in [-0.1, -0.05) is 12.1 Å². The Morgan fingerprint density at radius 1 is 1.19 bits per heavy atom. The van der Waals surface area contributed by atoms with E-state index in [2.05, 4.69) is 5.32 Å². The van der Waals surface area contributed by atoms with Crippen LogP contribution in [0.4, 0.5) is 5.69 Å². The Balaban J connectivity index is 2.96. The van der Waals surface area contributed by atoms with E-state index in [9.17, 15) is 14.4 Å². The first kappa shape index (κ1) is 16.7. The monoisotopic (exact) mass is 291 g/mol. The van der Waals surface area contributed by atoms with Gasteiger partial charge in [0.05, 0.1) is 11.3 Å². The van der Waals surface area contributed by atoms with Crippen molar-refractivity contribution in [3.8, 4) is 0 Å². The first-order valence-electron chi connectivity index (χ1n) is 6.70. The molecule has 6 heteroatoms. The maximum atomic E-state index is 12.2. The Morgan fingerprint density at radius 2 is 1.76 bits per heavy atom. The van der Waals surface area contributed by atoms with Crippen molar-refractivity contribution in [3.63, 3.8) is 0 Å². The zero-order chi connectivity index (χ0) is 16.2. The lowest BCUT2D eigenvalue weighted by molar-refractivity contribution is -0.146. The molecule has 0 saturated carbocycles. The van der Waals surface area contributed by atoms with Gasteiger partial charge in [0.2, 0.25) is 0 Å². The predicted molar refractivity (Wildman–Crippen MR) is 80.7 cm³/mol. The first-order chi connectivity index (χ1) is 9.68. The molecule has 0 aliphatic carbocycles. The van der Waals surface area contributed by atoms with Crippen molar-refractivity contribution in [1.82, 2.24) is 4.90 Å². The molecule has 0 saturated heterocycles. The second kappa shape index (κ2) is 6.39. The van der Waals surface area contributed by atoms with Gasteiger partial charge in [-0.25, -0.2) is 0 Å². The van der Waals surface area contributed by atoms with Crippen molar-refractivity contribution >= 4 is 23.4 Å². The molecule has 114 valence electrons. The van der Waals surface area contributed by atoms with Gasteiger partial charge in [-0.15, -0.1) is 0 Å². The van der Waals surface area contributed by atoms with E-state index in [-0.39, 0.29) is 11.3 Å². The Morgan fingerprint density at radius 3 is 2.24 bits per heavy atom. The molecule has 0 aliphatic rings. The third kappa shape index (κ3) is 4.05. The summed E-state index contributed by atoms with van der Waals surface area (Å²) in [6.07, 6.45) is 0. The molecule has 0 unspecified atom stereocenters. The van der Waals surface area contributed by atoms with Gasteiger partial charge in [0.1, 0.15) is 0 Å². The molecule has 0 atom stereocenters. The summed E-state index contributed by atoms with van der Waals surface area (Å²) in [5.74, 6) is -2.11. The number of nitrogens with zero attached hydrogens (tertiary/aromatic N) is 1. The number of hydrogen-bond acceptors (Lipinski definition) is 3. The Hall–Kier alpha value is -2.37. The molecule has 6 nitrogen and oxygen atoms in total. The van der Waals surface area contributed by atoms with Crippen molar-refractivity contribution in [2.24, 2.45) is 5.73 Å². The Labute approximate surface area is 124 Å². The van der Waals surface area contributed by atoms with Crippen LogP contribution in [0.5, 0.6) is 0 Å². The van der Waals surface area contributed by atoms with E-state index in [1.807, 2.05) is 20.8 Å². The number of carbonyl (C=O) groups is 3. The van der Waals surface area contributed by atoms with E-state index in [0.717, 1.165) is 0 Å². The third-order valence-corrected chi connectivity index (χ3v) is 3.01. The average Bonchev–Trinajstić information content (AvgIpc) is 2.38. The summed E-state index contributed by atoms with van der Waals surface area (Å²) in [4.78, 5) is 37.0. The molecule has 21 heavy (non-hydrogen) atoms. The van der Waals surface area contributed by atoms with Crippen LogP contribution in [0.25, 0.3) is 0 Å². The van der Waals surface area contributed by atoms with E-state index in [1.165, 1.54) is 17.0 Å². The average molecular weight is 291 g/mol. The Bertz CT molecular complexity index is 562. The van der Waals surface area contributed by atoms with Gasteiger partial charge in [-0.2, -0.15) is 0 Å². The molecule has 1 aromatic rings. The quantitative estimate of drug-likeness (QED) is 0.824. The second-order valence-electron chi connectivity index (χ2n) is 5.58. The van der Waals surface area contributed by atoms with Crippen LogP contribution in [-0.4, -0.2) is 34.7 Å². The fraction of sp³-hybridized carbons (Fsp3) is 0.400. The van der Waals surface area contributed by atoms with Crippen LogP contribution in [0.1, 0.15) is 38.1 Å². The molecule has 0 heterocycles. The summed E-state index contributed by atoms with van der Waals surface area (Å²) in [7, 11) is 0. The number of rotatable bonds is 3. The summed E-state index contributed by atoms with van der Waals surface area (Å²) in [5.41, 5.74) is 5.16. The topological polar surface area (TPSA) is 92.5 Å². The van der Waals surface area contributed by atoms with Gasteiger partial charge in [0.15, 0.2) is 0 Å². The lowest BCUT2D eigenvalue weighted by atomic mass is 10.1. The van der Waals surface area contributed by atoms with Crippen LogP contribution < -0.4 is 11.1 Å². The third-order valence-electron chi connectivity index (χ3n) is 3.01. The van der Waals surface area contributed by atoms with Crippen molar-refractivity contribution in [2.45, 2.75) is 33.2 Å². The van der Waals surface area contributed by atoms with E-state index in [0.29, 0.717) is 6.54 Å². The van der Waals surface area contributed by atoms with E-state index >= 15 is 0 Å². The zero-order valence-electron chi connectivity index (χ0n) is 12.8. The molecular formula is C15H21N3O3. The van der Waals surface area contributed by atoms with Gasteiger partial charge in [-0.3, -0.25) is 14.4 Å². The van der Waals surface area contributed by atoms with E-state index in [4.69, 9.17) is 5.73 Å². The zero-order valence-corrected chi connectivity index (χ0v) is 12.8. The summed E-state index contributed by atoms with van der Waals surface area (Å²) >= 11 is 0. The van der Waals surface area contributed by atoms with Crippen LogP contribution in [0.2, 0.25) is 0 Å². The van der Waals surface area contributed by atoms with Crippen LogP contribution in [0.15, 0.2) is 24.3 Å². The van der Waals surface area contributed by atoms with E-state index in [1.54, 1.807) is 19.1 Å². The molecule has 0 aromatic heterocycles. The highest BCUT2D eigenvalue weighted by molar-refractivity contribution is 6.40. The number of nitrogens with one attached hydrogen (secondary N) is 1.